The summed E-state index contributed by atoms with van der Waals surface area (Å²) in [5.41, 5.74) is 0.683. The summed E-state index contributed by atoms with van der Waals surface area (Å²) in [5, 5.41) is 6.83. The number of nitrogens with one attached hydrogen (secondary N) is 2. The lowest BCUT2D eigenvalue weighted by molar-refractivity contribution is 0.0872. The first-order chi connectivity index (χ1) is 10.6. The third-order valence-corrected chi connectivity index (χ3v) is 3.99. The van der Waals surface area contributed by atoms with E-state index in [2.05, 4.69) is 38.3 Å². The average Bonchev–Trinajstić information content (AvgIpc) is 2.34. The van der Waals surface area contributed by atoms with Crippen molar-refractivity contribution in [2.75, 3.05) is 0 Å². The van der Waals surface area contributed by atoms with Crippen molar-refractivity contribution < 1.29 is 9.53 Å². The Morgan fingerprint density at radius 3 is 2.39 bits per heavy atom. The van der Waals surface area contributed by atoms with E-state index in [4.69, 9.17) is 4.74 Å². The van der Waals surface area contributed by atoms with Gasteiger partial charge in [0.2, 0.25) is 0 Å². The van der Waals surface area contributed by atoms with E-state index in [1.165, 1.54) is 0 Å². The van der Waals surface area contributed by atoms with Crippen molar-refractivity contribution in [1.82, 2.24) is 10.6 Å². The minimum atomic E-state index is -0.0299. The number of benzene rings is 1. The van der Waals surface area contributed by atoms with Gasteiger partial charge in [-0.2, -0.15) is 0 Å². The summed E-state index contributed by atoms with van der Waals surface area (Å²) in [4.78, 5) is 12.6. The smallest absolute Gasteiger partial charge is 0.251 e. The predicted octanol–water partition coefficient (Wildman–Crippen LogP) is 3.51. The van der Waals surface area contributed by atoms with Crippen molar-refractivity contribution in [3.63, 3.8) is 0 Å². The Labute approximate surface area is 140 Å². The minimum Gasteiger partial charge on any atom is -0.491 e. The maximum atomic E-state index is 12.6. The molecule has 0 spiro atoms. The van der Waals surface area contributed by atoms with Crippen LogP contribution in [0.1, 0.15) is 64.7 Å². The Kier molecular flexibility index (Phi) is 5.04. The molecule has 0 aliphatic carbocycles. The molecule has 1 aliphatic heterocycles. The Morgan fingerprint density at radius 1 is 1.22 bits per heavy atom. The van der Waals surface area contributed by atoms with Gasteiger partial charge in [0.25, 0.3) is 5.91 Å². The molecule has 1 amide bonds. The molecule has 2 N–H and O–H groups in total. The van der Waals surface area contributed by atoms with E-state index in [1.807, 2.05) is 38.1 Å². The van der Waals surface area contributed by atoms with E-state index >= 15 is 0 Å². The lowest BCUT2D eigenvalue weighted by Gasteiger charge is -2.46. The molecule has 0 unspecified atom stereocenters. The van der Waals surface area contributed by atoms with E-state index in [0.29, 0.717) is 5.56 Å². The van der Waals surface area contributed by atoms with Crippen LogP contribution in [0, 0.1) is 0 Å². The topological polar surface area (TPSA) is 50.4 Å². The summed E-state index contributed by atoms with van der Waals surface area (Å²) in [6.07, 6.45) is 1.94. The molecule has 0 atom stereocenters. The van der Waals surface area contributed by atoms with Crippen molar-refractivity contribution in [2.24, 2.45) is 0 Å². The molecule has 1 heterocycles. The van der Waals surface area contributed by atoms with Gasteiger partial charge in [-0.3, -0.25) is 4.79 Å². The Bertz CT molecular complexity index is 548. The van der Waals surface area contributed by atoms with Crippen LogP contribution >= 0.6 is 0 Å². The Balaban J connectivity index is 2.07. The van der Waals surface area contributed by atoms with Gasteiger partial charge in [0, 0.05) is 22.7 Å². The molecule has 0 radical (unpaired) electrons. The second-order valence-electron chi connectivity index (χ2n) is 8.17. The quantitative estimate of drug-likeness (QED) is 0.893. The van der Waals surface area contributed by atoms with Crippen molar-refractivity contribution >= 4 is 5.91 Å². The molecule has 0 aromatic heterocycles. The van der Waals surface area contributed by atoms with E-state index in [-0.39, 0.29) is 29.1 Å². The number of ether oxygens (including phenoxy) is 1. The third kappa shape index (κ3) is 5.24. The molecule has 1 saturated heterocycles. The second kappa shape index (κ2) is 6.52. The molecular weight excluding hydrogens is 288 g/mol. The largest absolute Gasteiger partial charge is 0.491 e. The maximum absolute atomic E-state index is 12.6. The van der Waals surface area contributed by atoms with E-state index < -0.39 is 0 Å². The number of hydrogen-bond acceptors (Lipinski definition) is 3. The molecule has 1 fully saturated rings. The van der Waals surface area contributed by atoms with Crippen LogP contribution in [0.4, 0.5) is 0 Å². The fourth-order valence-electron chi connectivity index (χ4n) is 3.68. The lowest BCUT2D eigenvalue weighted by Crippen LogP contribution is -2.62. The molecule has 23 heavy (non-hydrogen) atoms. The number of carbonyl (C=O) groups is 1. The molecule has 0 saturated carbocycles. The van der Waals surface area contributed by atoms with Crippen molar-refractivity contribution in [3.05, 3.63) is 29.8 Å². The molecule has 4 heteroatoms. The number of amides is 1. The Hall–Kier alpha value is -1.55. The molecule has 1 aliphatic rings. The van der Waals surface area contributed by atoms with Crippen LogP contribution in [0.25, 0.3) is 0 Å². The number of piperidine rings is 1. The summed E-state index contributed by atoms with van der Waals surface area (Å²) in [5.74, 6) is 0.705. The number of rotatable bonds is 4. The zero-order chi connectivity index (χ0) is 17.3. The van der Waals surface area contributed by atoms with Gasteiger partial charge in [0.05, 0.1) is 6.10 Å². The van der Waals surface area contributed by atoms with Crippen LogP contribution in [0.2, 0.25) is 0 Å². The predicted molar refractivity (Wildman–Crippen MR) is 94.0 cm³/mol. The summed E-state index contributed by atoms with van der Waals surface area (Å²) in [6, 6.07) is 7.56. The molecule has 1 aromatic rings. The van der Waals surface area contributed by atoms with Crippen LogP contribution in [0.15, 0.2) is 24.3 Å². The molecule has 0 bridgehead atoms. The zero-order valence-electron chi connectivity index (χ0n) is 15.2. The standard InChI is InChI=1S/C19H30N2O2/c1-13(2)23-16-9-7-8-14(10-16)17(22)20-15-11-18(3,4)21-19(5,6)12-15/h7-10,13,15,21H,11-12H2,1-6H3,(H,20,22). The van der Waals surface area contributed by atoms with E-state index in [1.54, 1.807) is 0 Å². The normalized spacial score (nSPS) is 20.3. The SMILES string of the molecule is CC(C)Oc1cccc(C(=O)NC2CC(C)(C)NC(C)(C)C2)c1. The first-order valence-electron chi connectivity index (χ1n) is 8.43. The molecule has 2 rings (SSSR count). The molecular formula is C19H30N2O2. The third-order valence-electron chi connectivity index (χ3n) is 3.99. The van der Waals surface area contributed by atoms with Gasteiger partial charge < -0.3 is 15.4 Å². The fourth-order valence-corrected chi connectivity index (χ4v) is 3.68. The first kappa shape index (κ1) is 17.8. The van der Waals surface area contributed by atoms with E-state index in [0.717, 1.165) is 18.6 Å². The zero-order valence-corrected chi connectivity index (χ0v) is 15.2. The van der Waals surface area contributed by atoms with Gasteiger partial charge in [0.1, 0.15) is 5.75 Å². The monoisotopic (exact) mass is 318 g/mol. The van der Waals surface area contributed by atoms with Crippen LogP contribution in [0.5, 0.6) is 5.75 Å². The van der Waals surface area contributed by atoms with Crippen LogP contribution in [0.3, 0.4) is 0 Å². The minimum absolute atomic E-state index is 0.0162. The van der Waals surface area contributed by atoms with Crippen molar-refractivity contribution in [2.45, 2.75) is 77.6 Å². The molecule has 4 nitrogen and oxygen atoms in total. The highest BCUT2D eigenvalue weighted by Crippen LogP contribution is 2.28. The molecule has 1 aromatic carbocycles. The highest BCUT2D eigenvalue weighted by atomic mass is 16.5. The molecule has 128 valence electrons. The van der Waals surface area contributed by atoms with Gasteiger partial charge in [-0.05, 0) is 72.6 Å². The summed E-state index contributed by atoms with van der Waals surface area (Å²) < 4.78 is 5.67. The van der Waals surface area contributed by atoms with Crippen LogP contribution in [-0.4, -0.2) is 29.1 Å². The summed E-state index contributed by atoms with van der Waals surface area (Å²) in [6.45, 7) is 12.7. The van der Waals surface area contributed by atoms with Gasteiger partial charge >= 0.3 is 0 Å². The van der Waals surface area contributed by atoms with Gasteiger partial charge in [-0.25, -0.2) is 0 Å². The highest BCUT2D eigenvalue weighted by Gasteiger charge is 2.38. The Morgan fingerprint density at radius 2 is 1.83 bits per heavy atom. The second-order valence-corrected chi connectivity index (χ2v) is 8.17. The van der Waals surface area contributed by atoms with Crippen LogP contribution in [-0.2, 0) is 0 Å². The van der Waals surface area contributed by atoms with Gasteiger partial charge in [-0.1, -0.05) is 6.07 Å². The number of carbonyl (C=O) groups excluding carboxylic acids is 1. The average molecular weight is 318 g/mol. The van der Waals surface area contributed by atoms with Crippen LogP contribution < -0.4 is 15.4 Å². The van der Waals surface area contributed by atoms with Gasteiger partial charge in [-0.15, -0.1) is 0 Å². The summed E-state index contributed by atoms with van der Waals surface area (Å²) >= 11 is 0. The maximum Gasteiger partial charge on any atom is 0.251 e. The highest BCUT2D eigenvalue weighted by molar-refractivity contribution is 5.94. The van der Waals surface area contributed by atoms with Gasteiger partial charge in [0.15, 0.2) is 0 Å². The summed E-state index contributed by atoms with van der Waals surface area (Å²) in [7, 11) is 0. The van der Waals surface area contributed by atoms with E-state index in [9.17, 15) is 4.79 Å². The number of hydrogen-bond donors (Lipinski definition) is 2. The van der Waals surface area contributed by atoms with Crippen molar-refractivity contribution in [1.29, 1.82) is 0 Å². The lowest BCUT2D eigenvalue weighted by atomic mass is 9.79. The first-order valence-corrected chi connectivity index (χ1v) is 8.43. The van der Waals surface area contributed by atoms with Crippen molar-refractivity contribution in [3.8, 4) is 5.75 Å². The fraction of sp³-hybridized carbons (Fsp3) is 0.632.